The topological polar surface area (TPSA) is 35.8 Å². The van der Waals surface area contributed by atoms with E-state index in [0.29, 0.717) is 6.04 Å². The third-order valence-electron chi connectivity index (χ3n) is 2.73. The summed E-state index contributed by atoms with van der Waals surface area (Å²) >= 11 is 0. The fourth-order valence-electron chi connectivity index (χ4n) is 1.61. The molecule has 2 atom stereocenters. The Morgan fingerprint density at radius 3 is 3.00 bits per heavy atom. The van der Waals surface area contributed by atoms with Gasteiger partial charge in [0.1, 0.15) is 0 Å². The number of hydrogen-bond donors (Lipinski definition) is 1. The number of rotatable bonds is 3. The molecule has 1 aromatic rings. The van der Waals surface area contributed by atoms with E-state index < -0.39 is 0 Å². The van der Waals surface area contributed by atoms with Gasteiger partial charge in [0, 0.05) is 12.6 Å². The van der Waals surface area contributed by atoms with Crippen LogP contribution in [0.2, 0.25) is 0 Å². The van der Waals surface area contributed by atoms with Gasteiger partial charge in [0.25, 0.3) is 0 Å². The Morgan fingerprint density at radius 1 is 1.57 bits per heavy atom. The third kappa shape index (κ3) is 2.12. The van der Waals surface area contributed by atoms with Gasteiger partial charge in [-0.25, -0.2) is 0 Å². The molecule has 0 spiro atoms. The van der Waals surface area contributed by atoms with Gasteiger partial charge >= 0.3 is 0 Å². The predicted molar refractivity (Wildman–Crippen MR) is 55.6 cm³/mol. The Morgan fingerprint density at radius 2 is 2.36 bits per heavy atom. The van der Waals surface area contributed by atoms with E-state index in [4.69, 9.17) is 5.26 Å². The summed E-state index contributed by atoms with van der Waals surface area (Å²) in [5, 5.41) is 12.2. The molecule has 0 radical (unpaired) electrons. The van der Waals surface area contributed by atoms with Gasteiger partial charge in [-0.1, -0.05) is 19.1 Å². The monoisotopic (exact) mass is 186 g/mol. The third-order valence-corrected chi connectivity index (χ3v) is 2.73. The van der Waals surface area contributed by atoms with Gasteiger partial charge in [0.15, 0.2) is 0 Å². The molecule has 2 nitrogen and oxygen atoms in total. The highest BCUT2D eigenvalue weighted by Gasteiger charge is 2.31. The molecule has 1 N–H and O–H groups in total. The van der Waals surface area contributed by atoms with Crippen LogP contribution < -0.4 is 5.32 Å². The highest BCUT2D eigenvalue weighted by molar-refractivity contribution is 5.32. The molecule has 2 heteroatoms. The normalized spacial score (nSPS) is 24.3. The van der Waals surface area contributed by atoms with E-state index in [1.807, 2.05) is 18.2 Å². The molecule has 72 valence electrons. The van der Waals surface area contributed by atoms with Crippen LogP contribution in [0.25, 0.3) is 0 Å². The molecule has 0 aromatic heterocycles. The number of hydrogen-bond acceptors (Lipinski definition) is 2. The first-order chi connectivity index (χ1) is 6.79. The zero-order valence-corrected chi connectivity index (χ0v) is 8.33. The summed E-state index contributed by atoms with van der Waals surface area (Å²) < 4.78 is 0. The first-order valence-electron chi connectivity index (χ1n) is 5.02. The smallest absolute Gasteiger partial charge is 0.0991 e. The van der Waals surface area contributed by atoms with Crippen molar-refractivity contribution in [1.82, 2.24) is 5.32 Å². The molecule has 0 saturated heterocycles. The quantitative estimate of drug-likeness (QED) is 0.784. The van der Waals surface area contributed by atoms with Gasteiger partial charge in [-0.05, 0) is 30.0 Å². The van der Waals surface area contributed by atoms with Crippen LogP contribution in [0.15, 0.2) is 24.3 Å². The standard InChI is InChI=1S/C12H14N2/c1-9-5-12(9)14-8-11-4-2-3-10(6-11)7-13/h2-4,6,9,12,14H,5,8H2,1H3. The van der Waals surface area contributed by atoms with Crippen molar-refractivity contribution in [2.24, 2.45) is 5.92 Å². The average molecular weight is 186 g/mol. The second-order valence-electron chi connectivity index (χ2n) is 4.01. The Hall–Kier alpha value is -1.33. The van der Waals surface area contributed by atoms with E-state index in [1.54, 1.807) is 0 Å². The molecule has 0 bridgehead atoms. The van der Waals surface area contributed by atoms with Crippen LogP contribution in [0.3, 0.4) is 0 Å². The Balaban J connectivity index is 1.92. The summed E-state index contributed by atoms with van der Waals surface area (Å²) in [6.07, 6.45) is 1.29. The zero-order chi connectivity index (χ0) is 9.97. The minimum atomic E-state index is 0.695. The fourth-order valence-corrected chi connectivity index (χ4v) is 1.61. The van der Waals surface area contributed by atoms with Gasteiger partial charge in [-0.15, -0.1) is 0 Å². The minimum Gasteiger partial charge on any atom is -0.310 e. The molecule has 1 saturated carbocycles. The lowest BCUT2D eigenvalue weighted by Gasteiger charge is -2.03. The zero-order valence-electron chi connectivity index (χ0n) is 8.33. The molecular weight excluding hydrogens is 172 g/mol. The maximum atomic E-state index is 8.72. The van der Waals surface area contributed by atoms with Crippen molar-refractivity contribution < 1.29 is 0 Å². The molecule has 1 fully saturated rings. The van der Waals surface area contributed by atoms with Crippen molar-refractivity contribution in [3.63, 3.8) is 0 Å². The van der Waals surface area contributed by atoms with Crippen LogP contribution in [0.5, 0.6) is 0 Å². The summed E-state index contributed by atoms with van der Waals surface area (Å²) in [6.45, 7) is 3.13. The van der Waals surface area contributed by atoms with Gasteiger partial charge in [0.05, 0.1) is 11.6 Å². The molecule has 1 aliphatic carbocycles. The van der Waals surface area contributed by atoms with Crippen molar-refractivity contribution in [3.8, 4) is 6.07 Å². The molecule has 0 amide bonds. The highest BCUT2D eigenvalue weighted by atomic mass is 15.0. The van der Waals surface area contributed by atoms with Crippen LogP contribution in [-0.2, 0) is 6.54 Å². The lowest BCUT2D eigenvalue weighted by Crippen LogP contribution is -2.16. The summed E-state index contributed by atoms with van der Waals surface area (Å²) in [6, 6.07) is 10.6. The van der Waals surface area contributed by atoms with E-state index in [-0.39, 0.29) is 0 Å². The molecule has 1 aromatic carbocycles. The largest absolute Gasteiger partial charge is 0.310 e. The summed E-state index contributed by atoms with van der Waals surface area (Å²) in [4.78, 5) is 0. The van der Waals surface area contributed by atoms with Crippen LogP contribution in [0.4, 0.5) is 0 Å². The van der Waals surface area contributed by atoms with Gasteiger partial charge < -0.3 is 5.32 Å². The molecular formula is C12H14N2. The van der Waals surface area contributed by atoms with E-state index in [1.165, 1.54) is 12.0 Å². The van der Waals surface area contributed by atoms with Crippen LogP contribution in [0.1, 0.15) is 24.5 Å². The van der Waals surface area contributed by atoms with E-state index in [9.17, 15) is 0 Å². The molecule has 0 heterocycles. The van der Waals surface area contributed by atoms with Crippen LogP contribution in [-0.4, -0.2) is 6.04 Å². The van der Waals surface area contributed by atoms with Gasteiger partial charge in [0.2, 0.25) is 0 Å². The number of nitriles is 1. The van der Waals surface area contributed by atoms with E-state index >= 15 is 0 Å². The second-order valence-corrected chi connectivity index (χ2v) is 4.01. The second kappa shape index (κ2) is 3.81. The highest BCUT2D eigenvalue weighted by Crippen LogP contribution is 2.29. The molecule has 2 unspecified atom stereocenters. The van der Waals surface area contributed by atoms with Crippen molar-refractivity contribution in [3.05, 3.63) is 35.4 Å². The lowest BCUT2D eigenvalue weighted by atomic mass is 10.1. The molecule has 2 rings (SSSR count). The SMILES string of the molecule is CC1CC1NCc1cccc(C#N)c1. The Kier molecular flexibility index (Phi) is 2.51. The first kappa shape index (κ1) is 9.23. The number of nitrogens with zero attached hydrogens (tertiary/aromatic N) is 1. The average Bonchev–Trinajstić information content (AvgIpc) is 2.92. The molecule has 14 heavy (non-hydrogen) atoms. The van der Waals surface area contributed by atoms with Crippen molar-refractivity contribution >= 4 is 0 Å². The van der Waals surface area contributed by atoms with Crippen molar-refractivity contribution in [2.45, 2.75) is 25.9 Å². The lowest BCUT2D eigenvalue weighted by molar-refractivity contribution is 0.652. The van der Waals surface area contributed by atoms with Crippen molar-refractivity contribution in [1.29, 1.82) is 5.26 Å². The predicted octanol–water partition coefficient (Wildman–Crippen LogP) is 2.06. The number of benzene rings is 1. The Labute approximate surface area is 84.6 Å². The van der Waals surface area contributed by atoms with Crippen LogP contribution in [0, 0.1) is 17.2 Å². The Bertz CT molecular complexity index is 365. The summed E-state index contributed by atoms with van der Waals surface area (Å²) in [7, 11) is 0. The maximum absolute atomic E-state index is 8.72. The maximum Gasteiger partial charge on any atom is 0.0991 e. The number of nitrogens with one attached hydrogen (secondary N) is 1. The van der Waals surface area contributed by atoms with Gasteiger partial charge in [-0.3, -0.25) is 0 Å². The summed E-state index contributed by atoms with van der Waals surface area (Å²) in [5.74, 6) is 0.828. The van der Waals surface area contributed by atoms with Gasteiger partial charge in [-0.2, -0.15) is 5.26 Å². The van der Waals surface area contributed by atoms with E-state index in [2.05, 4.69) is 24.4 Å². The van der Waals surface area contributed by atoms with Crippen LogP contribution >= 0.6 is 0 Å². The molecule has 1 aliphatic rings. The molecule has 0 aliphatic heterocycles. The first-order valence-corrected chi connectivity index (χ1v) is 5.02. The van der Waals surface area contributed by atoms with Crippen molar-refractivity contribution in [2.75, 3.05) is 0 Å². The van der Waals surface area contributed by atoms with E-state index in [0.717, 1.165) is 18.0 Å². The summed E-state index contributed by atoms with van der Waals surface area (Å²) in [5.41, 5.74) is 1.94. The minimum absolute atomic E-state index is 0.695. The fraction of sp³-hybridized carbons (Fsp3) is 0.417.